The maximum absolute atomic E-state index is 13.0. The fourth-order valence-electron chi connectivity index (χ4n) is 4.25. The minimum Gasteiger partial charge on any atom is -0.323 e. The van der Waals surface area contributed by atoms with E-state index in [2.05, 4.69) is 27.8 Å². The van der Waals surface area contributed by atoms with E-state index < -0.39 is 17.5 Å². The predicted molar refractivity (Wildman–Crippen MR) is 126 cm³/mol. The lowest BCUT2D eigenvalue weighted by molar-refractivity contribution is -0.134. The molecule has 8 heteroatoms. The highest BCUT2D eigenvalue weighted by Gasteiger charge is 2.50. The van der Waals surface area contributed by atoms with Gasteiger partial charge in [0.05, 0.1) is 5.69 Å². The third kappa shape index (κ3) is 4.23. The third-order valence-corrected chi connectivity index (χ3v) is 6.45. The highest BCUT2D eigenvalue weighted by Crippen LogP contribution is 2.29. The number of hydrogen-bond donors (Lipinski definition) is 2. The van der Waals surface area contributed by atoms with Gasteiger partial charge in [0.2, 0.25) is 5.91 Å². The molecule has 0 radical (unpaired) electrons. The molecular weight excluding hydrogens is 424 g/mol. The van der Waals surface area contributed by atoms with Gasteiger partial charge in [-0.1, -0.05) is 63.1 Å². The number of nitrogens with zero attached hydrogens (tertiary/aromatic N) is 2. The molecule has 4 amide bonds. The zero-order valence-electron chi connectivity index (χ0n) is 18.2. The van der Waals surface area contributed by atoms with Crippen molar-refractivity contribution in [3.63, 3.8) is 0 Å². The zero-order chi connectivity index (χ0) is 22.7. The lowest BCUT2D eigenvalue weighted by atomic mass is 9.88. The Morgan fingerprint density at radius 3 is 2.53 bits per heavy atom. The van der Waals surface area contributed by atoms with Crippen LogP contribution in [0.1, 0.15) is 39.5 Å². The number of anilines is 1. The first-order valence-electron chi connectivity index (χ1n) is 10.8. The van der Waals surface area contributed by atoms with Crippen molar-refractivity contribution in [3.8, 4) is 11.3 Å². The van der Waals surface area contributed by atoms with Gasteiger partial charge in [-0.05, 0) is 29.7 Å². The van der Waals surface area contributed by atoms with Crippen molar-refractivity contribution < 1.29 is 14.4 Å². The Morgan fingerprint density at radius 1 is 1.09 bits per heavy atom. The first-order valence-corrected chi connectivity index (χ1v) is 11.7. The normalized spacial score (nSPS) is 15.2. The summed E-state index contributed by atoms with van der Waals surface area (Å²) < 4.78 is 0. The molecule has 0 unspecified atom stereocenters. The first kappa shape index (κ1) is 22.0. The lowest BCUT2D eigenvalue weighted by Gasteiger charge is -2.25. The average Bonchev–Trinajstić information content (AvgIpc) is 3.33. The number of carbonyl (C=O) groups is 3. The van der Waals surface area contributed by atoms with Crippen LogP contribution in [0.25, 0.3) is 22.0 Å². The number of carbonyl (C=O) groups excluding carboxylic acids is 3. The minimum atomic E-state index is -0.898. The monoisotopic (exact) mass is 450 g/mol. The molecule has 0 saturated carbocycles. The van der Waals surface area contributed by atoms with E-state index in [4.69, 9.17) is 0 Å². The molecule has 2 heterocycles. The summed E-state index contributed by atoms with van der Waals surface area (Å²) >= 11 is 1.31. The van der Waals surface area contributed by atoms with Crippen molar-refractivity contribution in [2.75, 3.05) is 11.9 Å². The van der Waals surface area contributed by atoms with Crippen LogP contribution in [0.2, 0.25) is 0 Å². The Morgan fingerprint density at radius 2 is 1.81 bits per heavy atom. The number of rotatable bonds is 8. The van der Waals surface area contributed by atoms with Gasteiger partial charge in [-0.3, -0.25) is 14.5 Å². The fraction of sp³-hybridized carbons (Fsp3) is 0.333. The smallest absolute Gasteiger partial charge is 0.323 e. The van der Waals surface area contributed by atoms with Gasteiger partial charge >= 0.3 is 6.03 Å². The molecule has 0 atom stereocenters. The number of aromatic nitrogens is 1. The minimum absolute atomic E-state index is 0.322. The van der Waals surface area contributed by atoms with Crippen molar-refractivity contribution >= 4 is 45.1 Å². The average molecular weight is 451 g/mol. The lowest BCUT2D eigenvalue weighted by Crippen LogP contribution is -2.47. The summed E-state index contributed by atoms with van der Waals surface area (Å²) in [6.45, 7) is 3.62. The molecule has 32 heavy (non-hydrogen) atoms. The maximum Gasteiger partial charge on any atom is 0.325 e. The van der Waals surface area contributed by atoms with Crippen LogP contribution in [0.15, 0.2) is 47.8 Å². The Bertz CT molecular complexity index is 1170. The maximum atomic E-state index is 13.0. The summed E-state index contributed by atoms with van der Waals surface area (Å²) in [5, 5.41) is 10.1. The van der Waals surface area contributed by atoms with Gasteiger partial charge < -0.3 is 10.6 Å². The molecule has 1 aromatic heterocycles. The molecule has 1 aliphatic rings. The quantitative estimate of drug-likeness (QED) is 0.483. The Hall–Kier alpha value is -3.26. The van der Waals surface area contributed by atoms with Crippen molar-refractivity contribution in [1.29, 1.82) is 0 Å². The second kappa shape index (κ2) is 9.08. The van der Waals surface area contributed by atoms with Crippen LogP contribution in [-0.2, 0) is 9.59 Å². The topological polar surface area (TPSA) is 91.4 Å². The van der Waals surface area contributed by atoms with Crippen LogP contribution in [0.3, 0.4) is 0 Å². The molecule has 1 saturated heterocycles. The van der Waals surface area contributed by atoms with Gasteiger partial charge in [-0.25, -0.2) is 9.78 Å². The van der Waals surface area contributed by atoms with Crippen molar-refractivity contribution in [1.82, 2.24) is 15.2 Å². The van der Waals surface area contributed by atoms with Crippen molar-refractivity contribution in [2.45, 2.75) is 45.1 Å². The number of hydrogen-bond acceptors (Lipinski definition) is 5. The largest absolute Gasteiger partial charge is 0.325 e. The standard InChI is InChI=1S/C24H26N4O3S/c1-3-11-24(12-4-2)21(30)28(23(31)27-24)14-20(29)26-22-25-19(15-32-22)18-10-9-16-7-5-6-8-17(16)13-18/h5-10,13,15H,3-4,11-12,14H2,1-2H3,(H,27,31)(H,25,26,29). The number of imide groups is 1. The van der Waals surface area contributed by atoms with Gasteiger partial charge in [-0.2, -0.15) is 0 Å². The number of fused-ring (bicyclic) bond motifs is 1. The van der Waals surface area contributed by atoms with Gasteiger partial charge in [0.15, 0.2) is 5.13 Å². The van der Waals surface area contributed by atoms with Gasteiger partial charge in [-0.15, -0.1) is 11.3 Å². The zero-order valence-corrected chi connectivity index (χ0v) is 19.0. The number of amides is 4. The second-order valence-corrected chi connectivity index (χ2v) is 8.91. The van der Waals surface area contributed by atoms with Gasteiger partial charge in [0.25, 0.3) is 5.91 Å². The molecule has 166 valence electrons. The molecule has 7 nitrogen and oxygen atoms in total. The molecule has 2 N–H and O–H groups in total. The van der Waals surface area contributed by atoms with E-state index in [1.54, 1.807) is 0 Å². The van der Waals surface area contributed by atoms with E-state index in [1.807, 2.05) is 49.6 Å². The third-order valence-electron chi connectivity index (χ3n) is 5.70. The molecule has 2 aromatic carbocycles. The molecular formula is C24H26N4O3S. The van der Waals surface area contributed by atoms with E-state index in [0.717, 1.165) is 39.8 Å². The molecule has 0 spiro atoms. The van der Waals surface area contributed by atoms with Crippen LogP contribution in [0.4, 0.5) is 9.93 Å². The van der Waals surface area contributed by atoms with E-state index in [0.29, 0.717) is 18.0 Å². The molecule has 1 aliphatic heterocycles. The SMILES string of the molecule is CCCC1(CCC)NC(=O)N(CC(=O)Nc2nc(-c3ccc4ccccc4c3)cs2)C1=O. The molecule has 0 bridgehead atoms. The summed E-state index contributed by atoms with van der Waals surface area (Å²) in [6, 6.07) is 13.7. The Kier molecular flexibility index (Phi) is 6.23. The fourth-order valence-corrected chi connectivity index (χ4v) is 4.99. The number of urea groups is 1. The van der Waals surface area contributed by atoms with Crippen LogP contribution in [-0.4, -0.2) is 39.8 Å². The molecule has 0 aliphatic carbocycles. The van der Waals surface area contributed by atoms with E-state index >= 15 is 0 Å². The first-order chi connectivity index (χ1) is 15.5. The van der Waals surface area contributed by atoms with Crippen molar-refractivity contribution in [3.05, 3.63) is 47.8 Å². The van der Waals surface area contributed by atoms with Crippen LogP contribution >= 0.6 is 11.3 Å². The van der Waals surface area contributed by atoms with E-state index in [1.165, 1.54) is 11.3 Å². The number of benzene rings is 2. The number of nitrogens with one attached hydrogen (secondary N) is 2. The molecule has 1 fully saturated rings. The summed E-state index contributed by atoms with van der Waals surface area (Å²) in [6.07, 6.45) is 2.65. The summed E-state index contributed by atoms with van der Waals surface area (Å²) in [5.41, 5.74) is 0.820. The van der Waals surface area contributed by atoms with E-state index in [-0.39, 0.29) is 12.5 Å². The van der Waals surface area contributed by atoms with Crippen molar-refractivity contribution in [2.24, 2.45) is 0 Å². The van der Waals surface area contributed by atoms with Gasteiger partial charge in [0, 0.05) is 10.9 Å². The summed E-state index contributed by atoms with van der Waals surface area (Å²) in [4.78, 5) is 43.5. The summed E-state index contributed by atoms with van der Waals surface area (Å²) in [5.74, 6) is -0.769. The van der Waals surface area contributed by atoms with Gasteiger partial charge in [0.1, 0.15) is 12.1 Å². The second-order valence-electron chi connectivity index (χ2n) is 8.05. The highest BCUT2D eigenvalue weighted by atomic mass is 32.1. The predicted octanol–water partition coefficient (Wildman–Crippen LogP) is 4.79. The highest BCUT2D eigenvalue weighted by molar-refractivity contribution is 7.14. The summed E-state index contributed by atoms with van der Waals surface area (Å²) in [7, 11) is 0. The van der Waals surface area contributed by atoms with E-state index in [9.17, 15) is 14.4 Å². The van der Waals surface area contributed by atoms with Crippen LogP contribution in [0.5, 0.6) is 0 Å². The Labute approximate surface area is 190 Å². The van der Waals surface area contributed by atoms with Crippen LogP contribution < -0.4 is 10.6 Å². The Balaban J connectivity index is 1.44. The van der Waals surface area contributed by atoms with Crippen LogP contribution in [0, 0.1) is 0 Å². The molecule has 4 rings (SSSR count). The molecule has 3 aromatic rings. The number of thiazole rings is 1.